The van der Waals surface area contributed by atoms with Gasteiger partial charge in [-0.2, -0.15) is 0 Å². The van der Waals surface area contributed by atoms with Gasteiger partial charge in [-0.25, -0.2) is 9.36 Å². The highest BCUT2D eigenvalue weighted by Gasteiger charge is 2.09. The van der Waals surface area contributed by atoms with Gasteiger partial charge in [0.2, 0.25) is 0 Å². The lowest BCUT2D eigenvalue weighted by Crippen LogP contribution is -2.33. The predicted octanol–water partition coefficient (Wildman–Crippen LogP) is 2.05. The SMILES string of the molecule is Cc1ccc2[nH]c(=O)n(-c3cccs3)c(=O)c2c1. The Morgan fingerprint density at radius 1 is 1.22 bits per heavy atom. The van der Waals surface area contributed by atoms with E-state index in [1.165, 1.54) is 15.9 Å². The largest absolute Gasteiger partial charge is 0.334 e. The molecule has 0 spiro atoms. The van der Waals surface area contributed by atoms with Crippen molar-refractivity contribution in [2.45, 2.75) is 6.92 Å². The third-order valence-electron chi connectivity index (χ3n) is 2.78. The van der Waals surface area contributed by atoms with Crippen LogP contribution in [-0.4, -0.2) is 9.55 Å². The Labute approximate surface area is 106 Å². The Hall–Kier alpha value is -2.14. The van der Waals surface area contributed by atoms with Crippen LogP contribution in [0.2, 0.25) is 0 Å². The number of aryl methyl sites for hydroxylation is 1. The number of nitrogens with zero attached hydrogens (tertiary/aromatic N) is 1. The predicted molar refractivity (Wildman–Crippen MR) is 72.8 cm³/mol. The van der Waals surface area contributed by atoms with Gasteiger partial charge in [0.1, 0.15) is 5.00 Å². The number of hydrogen-bond acceptors (Lipinski definition) is 3. The number of benzene rings is 1. The molecule has 2 aromatic heterocycles. The van der Waals surface area contributed by atoms with Crippen molar-refractivity contribution in [2.24, 2.45) is 0 Å². The highest BCUT2D eigenvalue weighted by Crippen LogP contribution is 2.13. The minimum Gasteiger partial charge on any atom is -0.306 e. The first-order chi connectivity index (χ1) is 8.66. The van der Waals surface area contributed by atoms with Gasteiger partial charge in [-0.3, -0.25) is 4.79 Å². The lowest BCUT2D eigenvalue weighted by molar-refractivity contribution is 0.917. The van der Waals surface area contributed by atoms with E-state index in [0.29, 0.717) is 15.9 Å². The van der Waals surface area contributed by atoms with E-state index in [0.717, 1.165) is 5.56 Å². The van der Waals surface area contributed by atoms with Gasteiger partial charge in [-0.05, 0) is 36.6 Å². The fraction of sp³-hybridized carbons (Fsp3) is 0.0769. The molecule has 90 valence electrons. The Bertz CT molecular complexity index is 828. The number of fused-ring (bicyclic) bond motifs is 1. The molecule has 5 heteroatoms. The second-order valence-corrected chi connectivity index (χ2v) is 5.00. The number of aromatic amines is 1. The molecule has 0 bridgehead atoms. The molecule has 1 aromatic carbocycles. The fourth-order valence-electron chi connectivity index (χ4n) is 1.93. The molecule has 0 aliphatic carbocycles. The normalized spacial score (nSPS) is 10.9. The van der Waals surface area contributed by atoms with E-state index in [4.69, 9.17) is 0 Å². The van der Waals surface area contributed by atoms with Crippen LogP contribution < -0.4 is 11.2 Å². The number of aromatic nitrogens is 2. The number of rotatable bonds is 1. The topological polar surface area (TPSA) is 54.9 Å². The highest BCUT2D eigenvalue weighted by molar-refractivity contribution is 7.12. The lowest BCUT2D eigenvalue weighted by Gasteiger charge is -2.04. The summed E-state index contributed by atoms with van der Waals surface area (Å²) in [5, 5.41) is 2.99. The molecule has 0 aliphatic heterocycles. The molecule has 0 atom stereocenters. The van der Waals surface area contributed by atoms with E-state index in [1.54, 1.807) is 18.2 Å². The van der Waals surface area contributed by atoms with Crippen LogP contribution in [0.15, 0.2) is 45.3 Å². The Kier molecular flexibility index (Phi) is 2.41. The number of H-pyrrole nitrogens is 1. The first-order valence-electron chi connectivity index (χ1n) is 5.46. The Morgan fingerprint density at radius 3 is 2.78 bits per heavy atom. The van der Waals surface area contributed by atoms with Crippen molar-refractivity contribution < 1.29 is 0 Å². The second-order valence-electron chi connectivity index (χ2n) is 4.07. The van der Waals surface area contributed by atoms with Gasteiger partial charge in [0.15, 0.2) is 0 Å². The molecule has 0 saturated carbocycles. The van der Waals surface area contributed by atoms with E-state index < -0.39 is 5.69 Å². The second kappa shape index (κ2) is 3.96. The van der Waals surface area contributed by atoms with Gasteiger partial charge in [0.05, 0.1) is 10.9 Å². The average molecular weight is 258 g/mol. The molecule has 0 aliphatic rings. The third-order valence-corrected chi connectivity index (χ3v) is 3.63. The molecule has 2 heterocycles. The molecule has 0 unspecified atom stereocenters. The number of nitrogens with one attached hydrogen (secondary N) is 1. The standard InChI is InChI=1S/C13H10N2O2S/c1-8-4-5-10-9(7-8)12(16)15(13(17)14-10)11-3-2-6-18-11/h2-7H,1H3,(H,14,17). The molecule has 0 radical (unpaired) electrons. The van der Waals surface area contributed by atoms with Gasteiger partial charge < -0.3 is 4.98 Å². The van der Waals surface area contributed by atoms with Crippen molar-refractivity contribution in [3.63, 3.8) is 0 Å². The summed E-state index contributed by atoms with van der Waals surface area (Å²) in [5.41, 5.74) is 0.881. The van der Waals surface area contributed by atoms with Crippen LogP contribution in [0.25, 0.3) is 15.9 Å². The Balaban J connectivity index is 2.48. The van der Waals surface area contributed by atoms with Gasteiger partial charge >= 0.3 is 5.69 Å². The van der Waals surface area contributed by atoms with Crippen molar-refractivity contribution in [3.8, 4) is 5.00 Å². The van der Waals surface area contributed by atoms with E-state index >= 15 is 0 Å². The summed E-state index contributed by atoms with van der Waals surface area (Å²) in [6.07, 6.45) is 0. The summed E-state index contributed by atoms with van der Waals surface area (Å²) >= 11 is 1.36. The van der Waals surface area contributed by atoms with Gasteiger partial charge in [-0.1, -0.05) is 11.6 Å². The minimum atomic E-state index is -0.404. The molecular formula is C13H10N2O2S. The molecule has 1 N–H and O–H groups in total. The van der Waals surface area contributed by atoms with Crippen LogP contribution in [0.4, 0.5) is 0 Å². The van der Waals surface area contributed by atoms with Crippen LogP contribution in [-0.2, 0) is 0 Å². The lowest BCUT2D eigenvalue weighted by atomic mass is 10.2. The fourth-order valence-corrected chi connectivity index (χ4v) is 2.65. The van der Waals surface area contributed by atoms with E-state index in [9.17, 15) is 9.59 Å². The summed E-state index contributed by atoms with van der Waals surface area (Å²) in [6, 6.07) is 8.98. The van der Waals surface area contributed by atoms with Crippen LogP contribution in [0, 0.1) is 6.92 Å². The smallest absolute Gasteiger partial charge is 0.306 e. The minimum absolute atomic E-state index is 0.278. The quantitative estimate of drug-likeness (QED) is 0.726. The van der Waals surface area contributed by atoms with Crippen molar-refractivity contribution in [3.05, 3.63) is 62.1 Å². The summed E-state index contributed by atoms with van der Waals surface area (Å²) in [4.78, 5) is 27.0. The van der Waals surface area contributed by atoms with Crippen molar-refractivity contribution in [1.82, 2.24) is 9.55 Å². The zero-order valence-corrected chi connectivity index (χ0v) is 10.5. The van der Waals surface area contributed by atoms with Crippen LogP contribution in [0.1, 0.15) is 5.56 Å². The summed E-state index contributed by atoms with van der Waals surface area (Å²) in [6.45, 7) is 1.92. The summed E-state index contributed by atoms with van der Waals surface area (Å²) in [7, 11) is 0. The molecule has 0 saturated heterocycles. The van der Waals surface area contributed by atoms with Gasteiger partial charge in [-0.15, -0.1) is 11.3 Å². The molecule has 3 aromatic rings. The monoisotopic (exact) mass is 258 g/mol. The molecule has 0 fully saturated rings. The first-order valence-corrected chi connectivity index (χ1v) is 6.34. The van der Waals surface area contributed by atoms with E-state index in [-0.39, 0.29) is 5.56 Å². The van der Waals surface area contributed by atoms with Crippen molar-refractivity contribution in [1.29, 1.82) is 0 Å². The molecule has 4 nitrogen and oxygen atoms in total. The van der Waals surface area contributed by atoms with Crippen LogP contribution in [0.5, 0.6) is 0 Å². The average Bonchev–Trinajstić information content (AvgIpc) is 2.84. The molecule has 0 amide bonds. The molecular weight excluding hydrogens is 248 g/mol. The van der Waals surface area contributed by atoms with E-state index in [2.05, 4.69) is 4.98 Å². The number of hydrogen-bond donors (Lipinski definition) is 1. The summed E-state index contributed by atoms with van der Waals surface area (Å²) < 4.78 is 1.17. The summed E-state index contributed by atoms with van der Waals surface area (Å²) in [5.74, 6) is 0. The van der Waals surface area contributed by atoms with E-state index in [1.807, 2.05) is 24.4 Å². The maximum Gasteiger partial charge on any atom is 0.334 e. The van der Waals surface area contributed by atoms with Gasteiger partial charge in [0, 0.05) is 0 Å². The third kappa shape index (κ3) is 1.60. The Morgan fingerprint density at radius 2 is 2.06 bits per heavy atom. The highest BCUT2D eigenvalue weighted by atomic mass is 32.1. The number of thiophene rings is 1. The molecule has 18 heavy (non-hydrogen) atoms. The zero-order valence-electron chi connectivity index (χ0n) is 9.64. The maximum absolute atomic E-state index is 12.3. The van der Waals surface area contributed by atoms with Crippen LogP contribution >= 0.6 is 11.3 Å². The van der Waals surface area contributed by atoms with Crippen molar-refractivity contribution in [2.75, 3.05) is 0 Å². The van der Waals surface area contributed by atoms with Crippen LogP contribution in [0.3, 0.4) is 0 Å². The van der Waals surface area contributed by atoms with Crippen molar-refractivity contribution >= 4 is 22.2 Å². The zero-order chi connectivity index (χ0) is 12.7. The first kappa shape index (κ1) is 11.0. The molecule has 3 rings (SSSR count). The van der Waals surface area contributed by atoms with Gasteiger partial charge in [0.25, 0.3) is 5.56 Å². The maximum atomic E-state index is 12.3.